The summed E-state index contributed by atoms with van der Waals surface area (Å²) >= 11 is 3.54. The number of carbonyl (C=O) groups excluding carboxylic acids is 1. The first-order chi connectivity index (χ1) is 4.31. The van der Waals surface area contributed by atoms with Crippen molar-refractivity contribution >= 4 is 37.9 Å². The predicted octanol–water partition coefficient (Wildman–Crippen LogP) is 2.33. The molecule has 0 N–H and O–H groups in total. The van der Waals surface area contributed by atoms with E-state index in [9.17, 15) is 18.0 Å². The lowest BCUT2D eigenvalue weighted by Gasteiger charge is -2.16. The van der Waals surface area contributed by atoms with Gasteiger partial charge in [-0.05, 0) is 31.9 Å². The van der Waals surface area contributed by atoms with E-state index in [4.69, 9.17) is 0 Å². The summed E-state index contributed by atoms with van der Waals surface area (Å²) < 4.78 is 32.7. The summed E-state index contributed by atoms with van der Waals surface area (Å²) in [6.07, 6.45) is 0.658. The smallest absolute Gasteiger partial charge is 0.211 e. The van der Waals surface area contributed by atoms with Crippen molar-refractivity contribution < 1.29 is 18.0 Å². The monoisotopic (exact) mass is 281 g/mol. The van der Waals surface area contributed by atoms with Crippen molar-refractivity contribution in [1.29, 1.82) is 0 Å². The summed E-state index contributed by atoms with van der Waals surface area (Å²) in [4.78, 5) is 7.61. The summed E-state index contributed by atoms with van der Waals surface area (Å²) in [6, 6.07) is 0. The average Bonchev–Trinajstić information content (AvgIpc) is 1.61. The summed E-state index contributed by atoms with van der Waals surface area (Å²) in [5, 5.41) is 0. The van der Waals surface area contributed by atoms with Gasteiger partial charge in [0.2, 0.25) is 6.08 Å². The van der Waals surface area contributed by atoms with Crippen LogP contribution >= 0.6 is 31.9 Å². The van der Waals surface area contributed by atoms with E-state index >= 15 is 0 Å². The van der Waals surface area contributed by atoms with Gasteiger partial charge in [-0.15, -0.1) is 4.99 Å². The Hall–Kier alpha value is 0.130. The molecule has 7 heteroatoms. The molecule has 1 unspecified atom stereocenters. The van der Waals surface area contributed by atoms with Crippen LogP contribution in [-0.2, 0) is 4.79 Å². The molecule has 0 radical (unpaired) electrons. The van der Waals surface area contributed by atoms with Crippen LogP contribution in [0.25, 0.3) is 0 Å². The number of rotatable bonds is 2. The molecule has 0 aliphatic heterocycles. The van der Waals surface area contributed by atoms with E-state index in [1.54, 1.807) is 15.9 Å². The second kappa shape index (κ2) is 3.02. The van der Waals surface area contributed by atoms with E-state index in [2.05, 4.69) is 4.99 Å². The van der Waals surface area contributed by atoms with Crippen molar-refractivity contribution in [1.82, 2.24) is 0 Å². The Morgan fingerprint density at radius 2 is 1.70 bits per heavy atom. The van der Waals surface area contributed by atoms with E-state index in [-0.39, 0.29) is 0 Å². The zero-order valence-electron chi connectivity index (χ0n) is 4.25. The van der Waals surface area contributed by atoms with Crippen LogP contribution < -0.4 is 0 Å². The summed E-state index contributed by atoms with van der Waals surface area (Å²) in [6.45, 7) is 0. The minimum atomic E-state index is -3.92. The molecular weight excluding hydrogens is 283 g/mol. The number of nitrogens with zero attached hydrogens (tertiary/aromatic N) is 1. The second-order valence-corrected chi connectivity index (χ2v) is 3.29. The molecule has 0 rings (SSSR count). The molecule has 0 amide bonds. The molecule has 0 heterocycles. The number of hydrogen-bond donors (Lipinski definition) is 0. The van der Waals surface area contributed by atoms with E-state index in [1.807, 2.05) is 15.9 Å². The Morgan fingerprint density at radius 1 is 1.30 bits per heavy atom. The van der Waals surface area contributed by atoms with Crippen molar-refractivity contribution in [2.24, 2.45) is 4.99 Å². The highest BCUT2D eigenvalue weighted by molar-refractivity contribution is 9.12. The molecule has 0 fully saturated rings. The minimum Gasteiger partial charge on any atom is -0.211 e. The van der Waals surface area contributed by atoms with E-state index in [0.29, 0.717) is 6.08 Å². The molecule has 1 atom stereocenters. The number of isocyanates is 1. The number of hydrogen-bond acceptors (Lipinski definition) is 2. The van der Waals surface area contributed by atoms with Crippen LogP contribution in [0.4, 0.5) is 13.2 Å². The predicted molar refractivity (Wildman–Crippen MR) is 34.8 cm³/mol. The fourth-order valence-corrected chi connectivity index (χ4v) is 0.282. The fourth-order valence-electron chi connectivity index (χ4n) is 0.121. The Morgan fingerprint density at radius 3 is 1.80 bits per heavy atom. The van der Waals surface area contributed by atoms with Gasteiger partial charge in [-0.2, -0.15) is 13.2 Å². The molecule has 0 aliphatic carbocycles. The third kappa shape index (κ3) is 2.40. The largest absolute Gasteiger partial charge is 0.365 e. The van der Waals surface area contributed by atoms with Crippen LogP contribution in [0.1, 0.15) is 0 Å². The van der Waals surface area contributed by atoms with Crippen LogP contribution in [0, 0.1) is 0 Å². The summed E-state index contributed by atoms with van der Waals surface area (Å²) in [7, 11) is 0. The standard InChI is InChI=1S/C3Br2F3NO/c4-2(6,7)3(5,8)9-1-10. The van der Waals surface area contributed by atoms with Crippen molar-refractivity contribution in [2.75, 3.05) is 0 Å². The number of halogens is 5. The second-order valence-electron chi connectivity index (χ2n) is 1.24. The first-order valence-electron chi connectivity index (χ1n) is 1.85. The molecule has 0 aromatic heterocycles. The molecular formula is C3Br2F3NO. The highest BCUT2D eigenvalue weighted by Crippen LogP contribution is 2.43. The summed E-state index contributed by atoms with van der Waals surface area (Å²) in [5.74, 6) is 0. The Balaban J connectivity index is 4.56. The van der Waals surface area contributed by atoms with Crippen LogP contribution in [0.2, 0.25) is 0 Å². The maximum absolute atomic E-state index is 12.3. The zero-order chi connectivity index (χ0) is 8.41. The van der Waals surface area contributed by atoms with E-state index < -0.39 is 9.53 Å². The van der Waals surface area contributed by atoms with Gasteiger partial charge in [0.15, 0.2) is 0 Å². The number of aliphatic imine (C=N–C) groups is 1. The zero-order valence-corrected chi connectivity index (χ0v) is 7.42. The van der Waals surface area contributed by atoms with Gasteiger partial charge in [0.25, 0.3) is 0 Å². The molecule has 0 aromatic carbocycles. The van der Waals surface area contributed by atoms with Crippen molar-refractivity contribution in [3.63, 3.8) is 0 Å². The van der Waals surface area contributed by atoms with Crippen molar-refractivity contribution in [2.45, 2.75) is 9.53 Å². The Kier molecular flexibility index (Phi) is 3.06. The van der Waals surface area contributed by atoms with Gasteiger partial charge in [0, 0.05) is 0 Å². The van der Waals surface area contributed by atoms with Crippen LogP contribution in [-0.4, -0.2) is 15.6 Å². The summed E-state index contributed by atoms with van der Waals surface area (Å²) in [5.41, 5.74) is 0. The normalized spacial score (nSPS) is 17.3. The third-order valence-corrected chi connectivity index (χ3v) is 2.26. The fraction of sp³-hybridized carbons (Fsp3) is 0.667. The van der Waals surface area contributed by atoms with Gasteiger partial charge in [0.1, 0.15) is 0 Å². The van der Waals surface area contributed by atoms with Gasteiger partial charge in [-0.1, -0.05) is 0 Å². The molecule has 2 nitrogen and oxygen atoms in total. The molecule has 0 bridgehead atoms. The Labute approximate surface area is 70.8 Å². The lowest BCUT2D eigenvalue weighted by Crippen LogP contribution is -2.30. The molecule has 0 saturated heterocycles. The maximum Gasteiger partial charge on any atom is 0.365 e. The quantitative estimate of drug-likeness (QED) is 0.331. The van der Waals surface area contributed by atoms with Gasteiger partial charge < -0.3 is 0 Å². The number of alkyl halides is 5. The first-order valence-corrected chi connectivity index (χ1v) is 3.43. The third-order valence-electron chi connectivity index (χ3n) is 0.527. The molecule has 58 valence electrons. The van der Waals surface area contributed by atoms with Gasteiger partial charge >= 0.3 is 9.53 Å². The highest BCUT2D eigenvalue weighted by Gasteiger charge is 2.51. The molecule has 10 heavy (non-hydrogen) atoms. The topological polar surface area (TPSA) is 29.4 Å². The average molecular weight is 283 g/mol. The Bertz CT molecular complexity index is 171. The van der Waals surface area contributed by atoms with Gasteiger partial charge in [-0.3, -0.25) is 0 Å². The van der Waals surface area contributed by atoms with Gasteiger partial charge in [0.05, 0.1) is 0 Å². The van der Waals surface area contributed by atoms with E-state index in [1.165, 1.54) is 0 Å². The lowest BCUT2D eigenvalue weighted by atomic mass is 10.6. The minimum absolute atomic E-state index is 0.658. The van der Waals surface area contributed by atoms with Crippen LogP contribution in [0.3, 0.4) is 0 Å². The first kappa shape index (κ1) is 10.1. The molecule has 0 saturated carbocycles. The molecule has 0 aliphatic rings. The van der Waals surface area contributed by atoms with Crippen molar-refractivity contribution in [3.05, 3.63) is 0 Å². The van der Waals surface area contributed by atoms with Crippen LogP contribution in [0.15, 0.2) is 4.99 Å². The van der Waals surface area contributed by atoms with Crippen molar-refractivity contribution in [3.8, 4) is 0 Å². The van der Waals surface area contributed by atoms with Crippen LogP contribution in [0.5, 0.6) is 0 Å². The SMILES string of the molecule is O=C=NC(F)(Br)C(F)(F)Br. The van der Waals surface area contributed by atoms with Gasteiger partial charge in [-0.25, -0.2) is 4.79 Å². The molecule has 0 spiro atoms. The molecule has 0 aromatic rings. The lowest BCUT2D eigenvalue weighted by molar-refractivity contribution is 0.00989. The maximum atomic E-state index is 12.3. The highest BCUT2D eigenvalue weighted by atomic mass is 79.9. The van der Waals surface area contributed by atoms with E-state index in [0.717, 1.165) is 0 Å².